The first-order chi connectivity index (χ1) is 4.70. The summed E-state index contributed by atoms with van der Waals surface area (Å²) in [6.45, 7) is 3.97. The maximum Gasteiger partial charge on any atom is 0.407 e. The molecule has 1 atom stereocenters. The smallest absolute Gasteiger partial charge is 0.407 e. The largest absolute Gasteiger partial charge is 0.465 e. The average molecular weight is 144 g/mol. The van der Waals surface area contributed by atoms with E-state index in [1.165, 1.54) is 4.90 Å². The van der Waals surface area contributed by atoms with Crippen LogP contribution in [0.2, 0.25) is 0 Å². The molecule has 58 valence electrons. The van der Waals surface area contributed by atoms with Crippen molar-refractivity contribution in [2.24, 2.45) is 0 Å². The van der Waals surface area contributed by atoms with E-state index < -0.39 is 6.09 Å². The van der Waals surface area contributed by atoms with Gasteiger partial charge >= 0.3 is 6.09 Å². The molecule has 0 aromatic heterocycles. The Labute approximate surface area is 59.8 Å². The number of hydrogen-bond donors (Lipinski definition) is 2. The molecule has 0 aromatic carbocycles. The quantitative estimate of drug-likeness (QED) is 0.501. The lowest BCUT2D eigenvalue weighted by molar-refractivity contribution is 0.130. The van der Waals surface area contributed by atoms with Crippen molar-refractivity contribution in [2.45, 2.75) is 13.0 Å². The Morgan fingerprint density at radius 2 is 2.50 bits per heavy atom. The predicted octanol–water partition coefficient (Wildman–Crippen LogP) is -0.0419. The zero-order valence-electron chi connectivity index (χ0n) is 6.00. The highest BCUT2D eigenvalue weighted by Gasteiger charge is 2.18. The minimum Gasteiger partial charge on any atom is -0.465 e. The topological polar surface area (TPSA) is 52.6 Å². The van der Waals surface area contributed by atoms with Gasteiger partial charge in [0.2, 0.25) is 0 Å². The molecular formula is C6H12N2O2. The van der Waals surface area contributed by atoms with Gasteiger partial charge in [0.1, 0.15) is 0 Å². The van der Waals surface area contributed by atoms with Crippen LogP contribution in [0.5, 0.6) is 0 Å². The Bertz CT molecular complexity index is 138. The molecule has 1 amide bonds. The Hall–Kier alpha value is -0.770. The van der Waals surface area contributed by atoms with E-state index >= 15 is 0 Å². The first-order valence-electron chi connectivity index (χ1n) is 3.41. The summed E-state index contributed by atoms with van der Waals surface area (Å²) in [7, 11) is 0. The van der Waals surface area contributed by atoms with Crippen LogP contribution in [0.25, 0.3) is 0 Å². The molecule has 1 saturated heterocycles. The van der Waals surface area contributed by atoms with Crippen molar-refractivity contribution in [1.29, 1.82) is 0 Å². The highest BCUT2D eigenvalue weighted by Crippen LogP contribution is 1.97. The second kappa shape index (κ2) is 2.88. The van der Waals surface area contributed by atoms with Gasteiger partial charge in [0.25, 0.3) is 0 Å². The second-order valence-electron chi connectivity index (χ2n) is 2.58. The zero-order valence-corrected chi connectivity index (χ0v) is 6.00. The number of piperazine rings is 1. The third-order valence-corrected chi connectivity index (χ3v) is 1.64. The molecule has 0 saturated carbocycles. The summed E-state index contributed by atoms with van der Waals surface area (Å²) in [5, 5.41) is 11.7. The second-order valence-corrected chi connectivity index (χ2v) is 2.58. The van der Waals surface area contributed by atoms with Crippen molar-refractivity contribution >= 4 is 6.09 Å². The monoisotopic (exact) mass is 144 g/mol. The van der Waals surface area contributed by atoms with Crippen LogP contribution in [-0.2, 0) is 0 Å². The molecule has 0 aromatic rings. The van der Waals surface area contributed by atoms with E-state index in [-0.39, 0.29) is 0 Å². The van der Waals surface area contributed by atoms with Crippen molar-refractivity contribution in [1.82, 2.24) is 10.2 Å². The molecule has 2 N–H and O–H groups in total. The number of carboxylic acid groups (broad SMARTS) is 1. The molecular weight excluding hydrogens is 132 g/mol. The van der Waals surface area contributed by atoms with Crippen molar-refractivity contribution in [3.63, 3.8) is 0 Å². The van der Waals surface area contributed by atoms with Crippen molar-refractivity contribution in [3.8, 4) is 0 Å². The number of nitrogens with one attached hydrogen (secondary N) is 1. The van der Waals surface area contributed by atoms with E-state index in [9.17, 15) is 4.79 Å². The predicted molar refractivity (Wildman–Crippen MR) is 37.1 cm³/mol. The lowest BCUT2D eigenvalue weighted by Crippen LogP contribution is -2.50. The van der Waals surface area contributed by atoms with Crippen LogP contribution in [0.1, 0.15) is 6.92 Å². The summed E-state index contributed by atoms with van der Waals surface area (Å²) in [5.74, 6) is 0. The molecule has 4 heteroatoms. The number of rotatable bonds is 0. The van der Waals surface area contributed by atoms with E-state index in [1.54, 1.807) is 0 Å². The summed E-state index contributed by atoms with van der Waals surface area (Å²) < 4.78 is 0. The van der Waals surface area contributed by atoms with Gasteiger partial charge in [-0.1, -0.05) is 0 Å². The molecule has 0 unspecified atom stereocenters. The van der Waals surface area contributed by atoms with Crippen LogP contribution in [0.15, 0.2) is 0 Å². The molecule has 1 rings (SSSR count). The molecule has 1 aliphatic heterocycles. The SMILES string of the molecule is C[C@@H]1CN(C(=O)O)CCN1. The number of nitrogens with zero attached hydrogens (tertiary/aromatic N) is 1. The van der Waals surface area contributed by atoms with Crippen molar-refractivity contribution < 1.29 is 9.90 Å². The van der Waals surface area contributed by atoms with Gasteiger partial charge in [-0.15, -0.1) is 0 Å². The van der Waals surface area contributed by atoms with Crippen molar-refractivity contribution in [3.05, 3.63) is 0 Å². The fourth-order valence-corrected chi connectivity index (χ4v) is 1.11. The summed E-state index contributed by atoms with van der Waals surface area (Å²) in [6.07, 6.45) is -0.812. The van der Waals surface area contributed by atoms with Gasteiger partial charge in [-0.3, -0.25) is 0 Å². The van der Waals surface area contributed by atoms with Crippen LogP contribution in [0, 0.1) is 0 Å². The number of amides is 1. The Kier molecular flexibility index (Phi) is 2.11. The van der Waals surface area contributed by atoms with Gasteiger partial charge in [-0.25, -0.2) is 4.79 Å². The Balaban J connectivity index is 2.39. The van der Waals surface area contributed by atoms with Gasteiger partial charge < -0.3 is 15.3 Å². The highest BCUT2D eigenvalue weighted by atomic mass is 16.4. The number of carbonyl (C=O) groups is 1. The average Bonchev–Trinajstić information content (AvgIpc) is 1.88. The summed E-state index contributed by atoms with van der Waals surface area (Å²) >= 11 is 0. The molecule has 1 heterocycles. The Morgan fingerprint density at radius 3 is 2.90 bits per heavy atom. The lowest BCUT2D eigenvalue weighted by atomic mass is 10.2. The van der Waals surface area contributed by atoms with Crippen molar-refractivity contribution in [2.75, 3.05) is 19.6 Å². The molecule has 0 spiro atoms. The summed E-state index contributed by atoms with van der Waals surface area (Å²) in [6, 6.07) is 0.296. The minimum atomic E-state index is -0.812. The first kappa shape index (κ1) is 7.34. The van der Waals surface area contributed by atoms with Crippen LogP contribution in [-0.4, -0.2) is 41.8 Å². The van der Waals surface area contributed by atoms with Gasteiger partial charge in [0.05, 0.1) is 0 Å². The van der Waals surface area contributed by atoms with Crippen LogP contribution in [0.4, 0.5) is 4.79 Å². The number of hydrogen-bond acceptors (Lipinski definition) is 2. The van der Waals surface area contributed by atoms with Gasteiger partial charge in [-0.05, 0) is 6.92 Å². The molecule has 1 fully saturated rings. The van der Waals surface area contributed by atoms with E-state index in [0.717, 1.165) is 6.54 Å². The molecule has 1 aliphatic rings. The van der Waals surface area contributed by atoms with Gasteiger partial charge in [0, 0.05) is 25.7 Å². The van der Waals surface area contributed by atoms with Crippen LogP contribution in [0.3, 0.4) is 0 Å². The lowest BCUT2D eigenvalue weighted by Gasteiger charge is -2.29. The maximum absolute atomic E-state index is 10.4. The summed E-state index contributed by atoms with van der Waals surface area (Å²) in [4.78, 5) is 11.8. The summed E-state index contributed by atoms with van der Waals surface area (Å²) in [5.41, 5.74) is 0. The minimum absolute atomic E-state index is 0.296. The van der Waals surface area contributed by atoms with Crippen LogP contribution >= 0.6 is 0 Å². The fraction of sp³-hybridized carbons (Fsp3) is 0.833. The highest BCUT2D eigenvalue weighted by molar-refractivity contribution is 5.65. The van der Waals surface area contributed by atoms with E-state index in [0.29, 0.717) is 19.1 Å². The standard InChI is InChI=1S/C6H12N2O2/c1-5-4-8(6(9)10)3-2-7-5/h5,7H,2-4H2,1H3,(H,9,10)/t5-/m1/s1. The van der Waals surface area contributed by atoms with E-state index in [4.69, 9.17) is 5.11 Å². The van der Waals surface area contributed by atoms with Gasteiger partial charge in [0.15, 0.2) is 0 Å². The molecule has 0 aliphatic carbocycles. The van der Waals surface area contributed by atoms with E-state index in [1.807, 2.05) is 6.92 Å². The zero-order chi connectivity index (χ0) is 7.56. The fourth-order valence-electron chi connectivity index (χ4n) is 1.11. The molecule has 0 radical (unpaired) electrons. The third-order valence-electron chi connectivity index (χ3n) is 1.64. The van der Waals surface area contributed by atoms with E-state index in [2.05, 4.69) is 5.32 Å². The van der Waals surface area contributed by atoms with Crippen LogP contribution < -0.4 is 5.32 Å². The van der Waals surface area contributed by atoms with Gasteiger partial charge in [-0.2, -0.15) is 0 Å². The Morgan fingerprint density at radius 1 is 1.80 bits per heavy atom. The molecule has 0 bridgehead atoms. The maximum atomic E-state index is 10.4. The molecule has 10 heavy (non-hydrogen) atoms. The third kappa shape index (κ3) is 1.60. The molecule has 4 nitrogen and oxygen atoms in total. The normalized spacial score (nSPS) is 26.5. The first-order valence-corrected chi connectivity index (χ1v) is 3.41.